The van der Waals surface area contributed by atoms with Gasteiger partial charge in [-0.3, -0.25) is 0 Å². The normalized spacial score (nSPS) is 11.9. The van der Waals surface area contributed by atoms with Gasteiger partial charge in [-0.25, -0.2) is 4.57 Å². The van der Waals surface area contributed by atoms with E-state index in [1.807, 2.05) is 0 Å². The minimum Gasteiger partial charge on any atom is -1.00 e. The Morgan fingerprint density at radius 2 is 1.04 bits per heavy atom. The van der Waals surface area contributed by atoms with Crippen LogP contribution in [-0.2, 0) is 0 Å². The predicted molar refractivity (Wildman–Crippen MR) is 97.0 cm³/mol. The molecule has 0 aliphatic heterocycles. The standard InChI is InChI=1S/C21H38N.ClH/c1-3-5-7-9-11-14-18-21(17-13-10-8-6-4-2)22-19-15-12-16-20-22;/h12,15-16,19-21H,3-11,13-14,17-18H2,1-2H3;1H/q+1;/p-1. The van der Waals surface area contributed by atoms with Gasteiger partial charge in [-0.05, 0) is 12.8 Å². The van der Waals surface area contributed by atoms with Crippen molar-refractivity contribution in [2.75, 3.05) is 0 Å². The minimum absolute atomic E-state index is 0. The van der Waals surface area contributed by atoms with E-state index in [2.05, 4.69) is 49.0 Å². The maximum absolute atomic E-state index is 2.45. The minimum atomic E-state index is 0. The van der Waals surface area contributed by atoms with Crippen LogP contribution in [-0.4, -0.2) is 0 Å². The molecular formula is C21H38ClN. The highest BCUT2D eigenvalue weighted by Crippen LogP contribution is 2.19. The fourth-order valence-corrected chi connectivity index (χ4v) is 3.24. The number of pyridine rings is 1. The molecule has 2 heteroatoms. The first-order valence-corrected chi connectivity index (χ1v) is 9.84. The molecule has 1 heterocycles. The molecule has 1 atom stereocenters. The molecule has 0 N–H and O–H groups in total. The second-order valence-corrected chi connectivity index (χ2v) is 6.74. The lowest BCUT2D eigenvalue weighted by molar-refractivity contribution is -0.724. The van der Waals surface area contributed by atoms with Crippen molar-refractivity contribution in [3.8, 4) is 0 Å². The molecule has 1 nitrogen and oxygen atoms in total. The van der Waals surface area contributed by atoms with Crippen molar-refractivity contribution in [1.82, 2.24) is 0 Å². The molecule has 0 bridgehead atoms. The van der Waals surface area contributed by atoms with E-state index in [1.165, 1.54) is 83.5 Å². The van der Waals surface area contributed by atoms with Crippen LogP contribution in [0.1, 0.15) is 103 Å². The number of aromatic nitrogens is 1. The maximum atomic E-state index is 2.45. The zero-order chi connectivity index (χ0) is 15.9. The SMILES string of the molecule is CCCCCCCCC(CCCCCCC)[n+]1ccccc1.[Cl-]. The Hall–Kier alpha value is -0.560. The Labute approximate surface area is 151 Å². The highest BCUT2D eigenvalue weighted by molar-refractivity contribution is 4.84. The molecule has 1 unspecified atom stereocenters. The van der Waals surface area contributed by atoms with Gasteiger partial charge in [-0.15, -0.1) is 0 Å². The third kappa shape index (κ3) is 11.6. The molecule has 0 aromatic carbocycles. The van der Waals surface area contributed by atoms with E-state index in [9.17, 15) is 0 Å². The van der Waals surface area contributed by atoms with Crippen LogP contribution in [0.2, 0.25) is 0 Å². The summed E-state index contributed by atoms with van der Waals surface area (Å²) in [5.41, 5.74) is 0. The molecule has 0 spiro atoms. The Morgan fingerprint density at radius 3 is 1.52 bits per heavy atom. The molecule has 0 aliphatic rings. The summed E-state index contributed by atoms with van der Waals surface area (Å²) < 4.78 is 2.45. The van der Waals surface area contributed by atoms with Gasteiger partial charge >= 0.3 is 0 Å². The average molecular weight is 340 g/mol. The molecule has 0 fully saturated rings. The van der Waals surface area contributed by atoms with Crippen LogP contribution in [0.15, 0.2) is 30.6 Å². The van der Waals surface area contributed by atoms with Crippen molar-refractivity contribution < 1.29 is 17.0 Å². The van der Waals surface area contributed by atoms with Gasteiger partial charge in [0, 0.05) is 25.0 Å². The number of rotatable bonds is 14. The van der Waals surface area contributed by atoms with E-state index < -0.39 is 0 Å². The van der Waals surface area contributed by atoms with E-state index >= 15 is 0 Å². The molecule has 0 saturated carbocycles. The summed E-state index contributed by atoms with van der Waals surface area (Å²) in [6.07, 6.45) is 22.6. The average Bonchev–Trinajstić information content (AvgIpc) is 2.56. The smallest absolute Gasteiger partial charge is 0.169 e. The number of unbranched alkanes of at least 4 members (excludes halogenated alkanes) is 9. The zero-order valence-corrected chi connectivity index (χ0v) is 16.2. The van der Waals surface area contributed by atoms with Crippen molar-refractivity contribution >= 4 is 0 Å². The van der Waals surface area contributed by atoms with Crippen molar-refractivity contribution in [3.05, 3.63) is 30.6 Å². The van der Waals surface area contributed by atoms with Gasteiger partial charge < -0.3 is 12.4 Å². The molecule has 1 aromatic heterocycles. The topological polar surface area (TPSA) is 3.88 Å². The van der Waals surface area contributed by atoms with E-state index in [4.69, 9.17) is 0 Å². The summed E-state index contributed by atoms with van der Waals surface area (Å²) in [6.45, 7) is 4.59. The lowest BCUT2D eigenvalue weighted by Gasteiger charge is -2.12. The van der Waals surface area contributed by atoms with E-state index in [0.717, 1.165) is 0 Å². The predicted octanol–water partition coefficient (Wildman–Crippen LogP) is 3.63. The Balaban J connectivity index is 0.00000484. The van der Waals surface area contributed by atoms with Crippen LogP contribution < -0.4 is 17.0 Å². The van der Waals surface area contributed by atoms with Gasteiger partial charge in [-0.2, -0.15) is 0 Å². The van der Waals surface area contributed by atoms with Gasteiger partial charge in [0.05, 0.1) is 0 Å². The second-order valence-electron chi connectivity index (χ2n) is 6.74. The fraction of sp³-hybridized carbons (Fsp3) is 0.762. The maximum Gasteiger partial charge on any atom is 0.169 e. The van der Waals surface area contributed by atoms with Crippen molar-refractivity contribution in [2.45, 2.75) is 103 Å². The summed E-state index contributed by atoms with van der Waals surface area (Å²) in [7, 11) is 0. The number of nitrogens with zero attached hydrogens (tertiary/aromatic N) is 1. The van der Waals surface area contributed by atoms with Gasteiger partial charge in [0.1, 0.15) is 0 Å². The second kappa shape index (κ2) is 16.3. The number of halogens is 1. The first-order chi connectivity index (χ1) is 10.9. The summed E-state index contributed by atoms with van der Waals surface area (Å²) in [5.74, 6) is 0. The Bertz CT molecular complexity index is 339. The lowest BCUT2D eigenvalue weighted by atomic mass is 10.00. The van der Waals surface area contributed by atoms with E-state index in [0.29, 0.717) is 6.04 Å². The van der Waals surface area contributed by atoms with Crippen LogP contribution in [0, 0.1) is 0 Å². The van der Waals surface area contributed by atoms with Crippen molar-refractivity contribution in [2.24, 2.45) is 0 Å². The molecule has 0 amide bonds. The molecule has 0 saturated heterocycles. The van der Waals surface area contributed by atoms with Crippen LogP contribution in [0.3, 0.4) is 0 Å². The molecule has 134 valence electrons. The summed E-state index contributed by atoms with van der Waals surface area (Å²) in [5, 5.41) is 0. The molecule has 1 rings (SSSR count). The molecule has 0 radical (unpaired) electrons. The summed E-state index contributed by atoms with van der Waals surface area (Å²) in [4.78, 5) is 0. The zero-order valence-electron chi connectivity index (χ0n) is 15.5. The van der Waals surface area contributed by atoms with Gasteiger partial charge in [0.25, 0.3) is 0 Å². The van der Waals surface area contributed by atoms with Crippen LogP contribution >= 0.6 is 0 Å². The van der Waals surface area contributed by atoms with Crippen molar-refractivity contribution in [3.63, 3.8) is 0 Å². The van der Waals surface area contributed by atoms with Crippen LogP contribution in [0.4, 0.5) is 0 Å². The van der Waals surface area contributed by atoms with Crippen LogP contribution in [0.25, 0.3) is 0 Å². The molecule has 1 aromatic rings. The Kier molecular flexibility index (Phi) is 15.9. The largest absolute Gasteiger partial charge is 1.00 e. The van der Waals surface area contributed by atoms with E-state index in [1.54, 1.807) is 0 Å². The number of hydrogen-bond donors (Lipinski definition) is 0. The lowest BCUT2D eigenvalue weighted by Crippen LogP contribution is -3.00. The molecule has 0 aliphatic carbocycles. The highest BCUT2D eigenvalue weighted by atomic mass is 35.5. The molecular weight excluding hydrogens is 302 g/mol. The van der Waals surface area contributed by atoms with Gasteiger partial charge in [0.2, 0.25) is 0 Å². The quantitative estimate of drug-likeness (QED) is 0.360. The van der Waals surface area contributed by atoms with E-state index in [-0.39, 0.29) is 12.4 Å². The molecule has 23 heavy (non-hydrogen) atoms. The van der Waals surface area contributed by atoms with Gasteiger partial charge in [0.15, 0.2) is 18.4 Å². The highest BCUT2D eigenvalue weighted by Gasteiger charge is 2.16. The third-order valence-corrected chi connectivity index (χ3v) is 4.69. The third-order valence-electron chi connectivity index (χ3n) is 4.69. The number of hydrogen-bond acceptors (Lipinski definition) is 0. The van der Waals surface area contributed by atoms with Crippen molar-refractivity contribution in [1.29, 1.82) is 0 Å². The summed E-state index contributed by atoms with van der Waals surface area (Å²) in [6, 6.07) is 7.19. The first-order valence-electron chi connectivity index (χ1n) is 9.84. The Morgan fingerprint density at radius 1 is 0.609 bits per heavy atom. The first kappa shape index (κ1) is 22.4. The van der Waals surface area contributed by atoms with Crippen LogP contribution in [0.5, 0.6) is 0 Å². The fourth-order valence-electron chi connectivity index (χ4n) is 3.24. The monoisotopic (exact) mass is 339 g/mol. The van der Waals surface area contributed by atoms with Gasteiger partial charge in [-0.1, -0.05) is 77.7 Å². The summed E-state index contributed by atoms with van der Waals surface area (Å²) >= 11 is 0.